The monoisotopic (exact) mass is 818 g/mol. The number of piperidine rings is 2. The summed E-state index contributed by atoms with van der Waals surface area (Å²) in [6.07, 6.45) is 10.4. The van der Waals surface area contributed by atoms with Crippen molar-refractivity contribution >= 4 is 72.2 Å². The number of thiophene rings is 2. The van der Waals surface area contributed by atoms with Gasteiger partial charge in [0.25, 0.3) is 0 Å². The number of hydrogen-bond donors (Lipinski definition) is 2. The smallest absolute Gasteiger partial charge is 0.246 e. The maximum absolute atomic E-state index is 12.5. The van der Waals surface area contributed by atoms with Gasteiger partial charge in [-0.05, 0) is 119 Å². The number of amides is 1. The molecule has 1 amide bonds. The Labute approximate surface area is 334 Å². The number of carbonyl (C=O) groups excluding carboxylic acids is 1. The maximum atomic E-state index is 12.5. The van der Waals surface area contributed by atoms with Crippen LogP contribution in [0.15, 0.2) is 83.6 Å². The molecule has 4 heterocycles. The zero-order valence-corrected chi connectivity index (χ0v) is 35.4. The lowest BCUT2D eigenvalue weighted by molar-refractivity contribution is -0.125. The lowest BCUT2D eigenvalue weighted by atomic mass is 9.92. The number of sulfonamides is 2. The van der Waals surface area contributed by atoms with Gasteiger partial charge < -0.3 is 4.90 Å². The minimum absolute atomic E-state index is 0.0000276. The summed E-state index contributed by atoms with van der Waals surface area (Å²) < 4.78 is 51.1. The lowest BCUT2D eigenvalue weighted by Gasteiger charge is -2.24. The van der Waals surface area contributed by atoms with Crippen LogP contribution in [-0.2, 0) is 35.7 Å². The van der Waals surface area contributed by atoms with Crippen molar-refractivity contribution in [3.05, 3.63) is 116 Å². The summed E-state index contributed by atoms with van der Waals surface area (Å²) in [5.74, 6) is 2.21. The van der Waals surface area contributed by atoms with Crippen molar-refractivity contribution in [3.63, 3.8) is 0 Å². The fourth-order valence-electron chi connectivity index (χ4n) is 8.96. The molecule has 2 N–H and O–H groups in total. The van der Waals surface area contributed by atoms with Gasteiger partial charge in [0.1, 0.15) is 0 Å². The van der Waals surface area contributed by atoms with E-state index < -0.39 is 20.0 Å². The molecule has 4 fully saturated rings. The molecule has 4 aliphatic rings. The van der Waals surface area contributed by atoms with Crippen LogP contribution in [0.1, 0.15) is 45.9 Å². The zero-order valence-electron chi connectivity index (χ0n) is 32.2. The normalized spacial score (nSPS) is 27.1. The number of benzene rings is 2. The first-order valence-electron chi connectivity index (χ1n) is 18.6. The Morgan fingerprint density at radius 1 is 0.727 bits per heavy atom. The summed E-state index contributed by atoms with van der Waals surface area (Å²) in [6.45, 7) is 13.4. The van der Waals surface area contributed by atoms with Gasteiger partial charge in [-0.25, -0.2) is 16.8 Å². The highest BCUT2D eigenvalue weighted by atomic mass is 32.2. The largest absolute Gasteiger partial charge is 0.339 e. The van der Waals surface area contributed by atoms with Crippen molar-refractivity contribution in [1.82, 2.24) is 9.80 Å². The van der Waals surface area contributed by atoms with Crippen LogP contribution in [0, 0.1) is 37.5 Å². The highest BCUT2D eigenvalue weighted by molar-refractivity contribution is 7.92. The number of aryl methyl sites for hydroxylation is 2. The summed E-state index contributed by atoms with van der Waals surface area (Å²) in [5, 5.41) is 4.17. The van der Waals surface area contributed by atoms with E-state index in [4.69, 9.17) is 0 Å². The van der Waals surface area contributed by atoms with Crippen molar-refractivity contribution in [2.24, 2.45) is 23.7 Å². The third-order valence-electron chi connectivity index (χ3n) is 12.3. The molecule has 2 aromatic carbocycles. The molecule has 4 unspecified atom stereocenters. The molecule has 0 spiro atoms. The van der Waals surface area contributed by atoms with Gasteiger partial charge in [-0.1, -0.05) is 44.2 Å². The molecule has 0 bridgehead atoms. The van der Waals surface area contributed by atoms with Crippen LogP contribution in [0.25, 0.3) is 12.2 Å². The fourth-order valence-corrected chi connectivity index (χ4v) is 11.7. The predicted octanol–water partition coefficient (Wildman–Crippen LogP) is 7.45. The number of nitrogens with zero attached hydrogens (tertiary/aromatic N) is 2. The van der Waals surface area contributed by atoms with E-state index in [1.165, 1.54) is 27.8 Å². The SMILES string of the molecule is Cc1ccsc1/C=C/C(=O)N1CC2C(C1)C2(C)c1cccc(NS(C)(=O)=O)c1.Cc1ccsc1/C=C/CN1CC2C(C1)C2(C)c1cccc(NS(C)(=O)=O)c1. The van der Waals surface area contributed by atoms with E-state index in [0.29, 0.717) is 35.0 Å². The molecule has 0 radical (unpaired) electrons. The van der Waals surface area contributed by atoms with Gasteiger partial charge in [0, 0.05) is 70.8 Å². The minimum Gasteiger partial charge on any atom is -0.339 e. The molecule has 13 heteroatoms. The second-order valence-electron chi connectivity index (χ2n) is 16.0. The Hall–Kier alpha value is -3.75. The molecular formula is C42H50N4O5S4. The first-order valence-corrected chi connectivity index (χ1v) is 24.1. The predicted molar refractivity (Wildman–Crippen MR) is 228 cm³/mol. The number of anilines is 2. The fraction of sp³-hybridized carbons (Fsp3) is 0.405. The van der Waals surface area contributed by atoms with Gasteiger partial charge in [-0.15, -0.1) is 22.7 Å². The first kappa shape index (κ1) is 39.5. The van der Waals surface area contributed by atoms with Gasteiger partial charge in [-0.2, -0.15) is 0 Å². The van der Waals surface area contributed by atoms with Crippen molar-refractivity contribution in [3.8, 4) is 0 Å². The molecule has 8 rings (SSSR count). The minimum atomic E-state index is -3.30. The number of rotatable bonds is 11. The lowest BCUT2D eigenvalue weighted by Crippen LogP contribution is -2.33. The molecule has 2 aromatic heterocycles. The average Bonchev–Trinajstić information content (AvgIpc) is 3.59. The maximum Gasteiger partial charge on any atom is 0.246 e. The van der Waals surface area contributed by atoms with Gasteiger partial charge in [0.05, 0.1) is 12.5 Å². The van der Waals surface area contributed by atoms with Gasteiger partial charge in [0.2, 0.25) is 26.0 Å². The topological polar surface area (TPSA) is 116 Å². The van der Waals surface area contributed by atoms with Gasteiger partial charge >= 0.3 is 0 Å². The van der Waals surface area contributed by atoms with Crippen LogP contribution in [0.2, 0.25) is 0 Å². The highest BCUT2D eigenvalue weighted by Crippen LogP contribution is 2.64. The van der Waals surface area contributed by atoms with Crippen molar-refractivity contribution < 1.29 is 21.6 Å². The van der Waals surface area contributed by atoms with E-state index in [-0.39, 0.29) is 16.7 Å². The van der Waals surface area contributed by atoms with Crippen molar-refractivity contribution in [2.45, 2.75) is 38.5 Å². The van der Waals surface area contributed by atoms with E-state index in [9.17, 15) is 21.6 Å². The van der Waals surface area contributed by atoms with Crippen LogP contribution in [0.4, 0.5) is 11.4 Å². The Bertz CT molecular complexity index is 2340. The standard InChI is InChI=1S/C21H24N2O3S2.C21H26N2O2S2/c1-14-9-10-27-19(14)7-8-20(24)23-12-17-18(13-23)21(17,2)15-5-4-6-16(11-15)22-28(3,25)26;1-15-9-11-26-20(15)8-5-10-23-13-18-19(14-23)21(18,2)16-6-4-7-17(12-16)22-27(3,24)25/h4-11,17-18,22H,12-13H2,1-3H3;4-9,11-12,18-19,22H,10,13-14H2,1-3H3/b8-7+;8-5+. The Morgan fingerprint density at radius 2 is 1.18 bits per heavy atom. The van der Waals surface area contributed by atoms with Crippen LogP contribution >= 0.6 is 22.7 Å². The summed E-state index contributed by atoms with van der Waals surface area (Å²) in [7, 11) is -6.54. The molecule has 2 aliphatic carbocycles. The Balaban J connectivity index is 0.000000169. The number of likely N-dealkylation sites (tertiary alicyclic amines) is 2. The summed E-state index contributed by atoms with van der Waals surface area (Å²) in [6, 6.07) is 19.7. The van der Waals surface area contributed by atoms with E-state index in [1.54, 1.807) is 34.8 Å². The second-order valence-corrected chi connectivity index (χ2v) is 21.4. The van der Waals surface area contributed by atoms with Crippen LogP contribution in [-0.4, -0.2) is 77.8 Å². The number of fused-ring (bicyclic) bond motifs is 2. The highest BCUT2D eigenvalue weighted by Gasteiger charge is 2.66. The van der Waals surface area contributed by atoms with Gasteiger partial charge in [0.15, 0.2) is 0 Å². The number of carbonyl (C=O) groups is 1. The third-order valence-corrected chi connectivity index (χ3v) is 15.5. The molecule has 55 heavy (non-hydrogen) atoms. The summed E-state index contributed by atoms with van der Waals surface area (Å²) >= 11 is 3.43. The number of nitrogens with one attached hydrogen (secondary N) is 2. The average molecular weight is 819 g/mol. The molecule has 2 aliphatic heterocycles. The molecule has 4 atom stereocenters. The van der Waals surface area contributed by atoms with Crippen molar-refractivity contribution in [1.29, 1.82) is 0 Å². The van der Waals surface area contributed by atoms with E-state index in [0.717, 1.165) is 49.4 Å². The molecular weight excluding hydrogens is 769 g/mol. The van der Waals surface area contributed by atoms with E-state index in [1.807, 2.05) is 53.6 Å². The molecule has 2 saturated heterocycles. The Kier molecular flexibility index (Phi) is 10.7. The molecule has 4 aromatic rings. The second kappa shape index (κ2) is 15.0. The van der Waals surface area contributed by atoms with Crippen molar-refractivity contribution in [2.75, 3.05) is 54.7 Å². The van der Waals surface area contributed by atoms with Gasteiger partial charge in [-0.3, -0.25) is 19.1 Å². The quantitative estimate of drug-likeness (QED) is 0.152. The molecule has 292 valence electrons. The first-order chi connectivity index (χ1) is 26.0. The Morgan fingerprint density at radius 3 is 1.62 bits per heavy atom. The van der Waals surface area contributed by atoms with Crippen LogP contribution in [0.3, 0.4) is 0 Å². The number of hydrogen-bond acceptors (Lipinski definition) is 8. The third kappa shape index (κ3) is 8.51. The zero-order chi connectivity index (χ0) is 39.3. The summed E-state index contributed by atoms with van der Waals surface area (Å²) in [4.78, 5) is 19.5. The van der Waals surface area contributed by atoms with E-state index >= 15 is 0 Å². The molecule has 9 nitrogen and oxygen atoms in total. The van der Waals surface area contributed by atoms with Crippen LogP contribution in [0.5, 0.6) is 0 Å². The van der Waals surface area contributed by atoms with Crippen LogP contribution < -0.4 is 9.44 Å². The van der Waals surface area contributed by atoms with E-state index in [2.05, 4.69) is 76.9 Å². The molecule has 2 saturated carbocycles. The summed E-state index contributed by atoms with van der Waals surface area (Å²) in [5.41, 5.74) is 6.33.